The molecular weight excluding hydrogens is 232 g/mol. The highest BCUT2D eigenvalue weighted by atomic mass is 35.5. The number of halogens is 1. The van der Waals surface area contributed by atoms with Crippen LogP contribution in [0.1, 0.15) is 0 Å². The van der Waals surface area contributed by atoms with Gasteiger partial charge in [0, 0.05) is 11.8 Å². The SMILES string of the molecule is Clc1ccc2ncc(-c3ccccc3)cc2n1. The summed E-state index contributed by atoms with van der Waals surface area (Å²) in [6, 6.07) is 15.7. The molecule has 0 atom stereocenters. The summed E-state index contributed by atoms with van der Waals surface area (Å²) < 4.78 is 0. The minimum Gasteiger partial charge on any atom is -0.254 e. The fraction of sp³-hybridized carbons (Fsp3) is 0. The van der Waals surface area contributed by atoms with Crippen LogP contribution in [0.2, 0.25) is 5.15 Å². The second-order valence-corrected chi connectivity index (χ2v) is 4.15. The second-order valence-electron chi connectivity index (χ2n) is 3.76. The molecule has 3 heteroatoms. The Balaban J connectivity index is 2.19. The van der Waals surface area contributed by atoms with Crippen molar-refractivity contribution in [1.82, 2.24) is 9.97 Å². The largest absolute Gasteiger partial charge is 0.254 e. The summed E-state index contributed by atoms with van der Waals surface area (Å²) in [7, 11) is 0. The molecule has 0 unspecified atom stereocenters. The lowest BCUT2D eigenvalue weighted by Crippen LogP contribution is -1.85. The van der Waals surface area contributed by atoms with E-state index >= 15 is 0 Å². The first-order valence-electron chi connectivity index (χ1n) is 5.31. The van der Waals surface area contributed by atoms with E-state index in [4.69, 9.17) is 11.6 Å². The fourth-order valence-corrected chi connectivity index (χ4v) is 1.92. The predicted molar refractivity (Wildman–Crippen MR) is 70.0 cm³/mol. The van der Waals surface area contributed by atoms with E-state index in [2.05, 4.69) is 9.97 Å². The monoisotopic (exact) mass is 240 g/mol. The molecular formula is C14H9ClN2. The highest BCUT2D eigenvalue weighted by Gasteiger charge is 2.01. The third kappa shape index (κ3) is 1.99. The Hall–Kier alpha value is -1.93. The van der Waals surface area contributed by atoms with Crippen LogP contribution < -0.4 is 0 Å². The van der Waals surface area contributed by atoms with Gasteiger partial charge in [-0.3, -0.25) is 4.98 Å². The van der Waals surface area contributed by atoms with E-state index < -0.39 is 0 Å². The lowest BCUT2D eigenvalue weighted by atomic mass is 10.1. The number of rotatable bonds is 1. The summed E-state index contributed by atoms with van der Waals surface area (Å²) in [4.78, 5) is 8.64. The summed E-state index contributed by atoms with van der Waals surface area (Å²) in [6.07, 6.45) is 1.85. The average Bonchev–Trinajstić information content (AvgIpc) is 2.39. The minimum absolute atomic E-state index is 0.490. The molecule has 0 aliphatic carbocycles. The molecule has 0 bridgehead atoms. The zero-order valence-electron chi connectivity index (χ0n) is 8.97. The summed E-state index contributed by atoms with van der Waals surface area (Å²) >= 11 is 5.88. The summed E-state index contributed by atoms with van der Waals surface area (Å²) in [5.41, 5.74) is 3.85. The molecule has 17 heavy (non-hydrogen) atoms. The van der Waals surface area contributed by atoms with Crippen LogP contribution in [0.4, 0.5) is 0 Å². The molecule has 0 aliphatic rings. The molecule has 0 aliphatic heterocycles. The van der Waals surface area contributed by atoms with Crippen LogP contribution in [-0.2, 0) is 0 Å². The van der Waals surface area contributed by atoms with Gasteiger partial charge >= 0.3 is 0 Å². The van der Waals surface area contributed by atoms with Gasteiger partial charge < -0.3 is 0 Å². The van der Waals surface area contributed by atoms with Crippen molar-refractivity contribution in [3.05, 3.63) is 59.9 Å². The van der Waals surface area contributed by atoms with E-state index in [0.29, 0.717) is 5.15 Å². The molecule has 0 radical (unpaired) electrons. The fourth-order valence-electron chi connectivity index (χ4n) is 1.77. The van der Waals surface area contributed by atoms with Gasteiger partial charge in [0.2, 0.25) is 0 Å². The molecule has 2 aromatic heterocycles. The van der Waals surface area contributed by atoms with Crippen molar-refractivity contribution in [3.8, 4) is 11.1 Å². The lowest BCUT2D eigenvalue weighted by Gasteiger charge is -2.02. The summed E-state index contributed by atoms with van der Waals surface area (Å²) in [5.74, 6) is 0. The van der Waals surface area contributed by atoms with E-state index in [1.54, 1.807) is 6.07 Å². The topological polar surface area (TPSA) is 25.8 Å². The Morgan fingerprint density at radius 3 is 2.47 bits per heavy atom. The normalized spacial score (nSPS) is 10.6. The molecule has 0 N–H and O–H groups in total. The molecule has 0 amide bonds. The van der Waals surface area contributed by atoms with Crippen molar-refractivity contribution in [1.29, 1.82) is 0 Å². The summed E-state index contributed by atoms with van der Waals surface area (Å²) in [6.45, 7) is 0. The third-order valence-electron chi connectivity index (χ3n) is 2.61. The van der Waals surface area contributed by atoms with Crippen molar-refractivity contribution in [3.63, 3.8) is 0 Å². The number of pyridine rings is 2. The van der Waals surface area contributed by atoms with E-state index in [1.807, 2.05) is 48.7 Å². The van der Waals surface area contributed by atoms with Crippen LogP contribution >= 0.6 is 11.6 Å². The van der Waals surface area contributed by atoms with Crippen molar-refractivity contribution in [2.75, 3.05) is 0 Å². The van der Waals surface area contributed by atoms with E-state index in [-0.39, 0.29) is 0 Å². The number of hydrogen-bond donors (Lipinski definition) is 0. The van der Waals surface area contributed by atoms with Crippen LogP contribution in [0.3, 0.4) is 0 Å². The standard InChI is InChI=1S/C14H9ClN2/c15-14-7-6-12-13(17-14)8-11(9-16-12)10-4-2-1-3-5-10/h1-9H. The quantitative estimate of drug-likeness (QED) is 0.602. The minimum atomic E-state index is 0.490. The molecule has 0 saturated heterocycles. The maximum Gasteiger partial charge on any atom is 0.129 e. The first kappa shape index (κ1) is 10.2. The maximum absolute atomic E-state index is 5.88. The highest BCUT2D eigenvalue weighted by molar-refractivity contribution is 6.29. The first-order valence-corrected chi connectivity index (χ1v) is 5.68. The molecule has 82 valence electrons. The molecule has 3 rings (SSSR count). The third-order valence-corrected chi connectivity index (χ3v) is 2.82. The van der Waals surface area contributed by atoms with Crippen molar-refractivity contribution in [2.24, 2.45) is 0 Å². The second kappa shape index (κ2) is 4.15. The number of fused-ring (bicyclic) bond motifs is 1. The van der Waals surface area contributed by atoms with Gasteiger partial charge in [0.15, 0.2) is 0 Å². The van der Waals surface area contributed by atoms with E-state index in [0.717, 1.165) is 22.2 Å². The summed E-state index contributed by atoms with van der Waals surface area (Å²) in [5, 5.41) is 0.490. The number of nitrogens with zero attached hydrogens (tertiary/aromatic N) is 2. The molecule has 1 aromatic carbocycles. The molecule has 2 nitrogen and oxygen atoms in total. The smallest absolute Gasteiger partial charge is 0.129 e. The van der Waals surface area contributed by atoms with Crippen LogP contribution in [0.5, 0.6) is 0 Å². The van der Waals surface area contributed by atoms with Crippen molar-refractivity contribution < 1.29 is 0 Å². The van der Waals surface area contributed by atoms with Gasteiger partial charge in [0.25, 0.3) is 0 Å². The van der Waals surface area contributed by atoms with E-state index in [9.17, 15) is 0 Å². The van der Waals surface area contributed by atoms with Crippen molar-refractivity contribution >= 4 is 22.6 Å². The molecule has 0 spiro atoms. The number of benzene rings is 1. The van der Waals surface area contributed by atoms with Crippen LogP contribution in [-0.4, -0.2) is 9.97 Å². The molecule has 2 heterocycles. The van der Waals surface area contributed by atoms with Gasteiger partial charge in [0.1, 0.15) is 5.15 Å². The number of aromatic nitrogens is 2. The lowest BCUT2D eigenvalue weighted by molar-refractivity contribution is 1.34. The van der Waals surface area contributed by atoms with Crippen molar-refractivity contribution in [2.45, 2.75) is 0 Å². The van der Waals surface area contributed by atoms with Gasteiger partial charge in [-0.05, 0) is 23.8 Å². The Morgan fingerprint density at radius 2 is 1.65 bits per heavy atom. The number of hydrogen-bond acceptors (Lipinski definition) is 2. The zero-order chi connectivity index (χ0) is 11.7. The average molecular weight is 241 g/mol. The maximum atomic E-state index is 5.88. The van der Waals surface area contributed by atoms with E-state index in [1.165, 1.54) is 0 Å². The Bertz CT molecular complexity index is 665. The molecule has 0 fully saturated rings. The van der Waals surface area contributed by atoms with Gasteiger partial charge in [-0.25, -0.2) is 4.98 Å². The van der Waals surface area contributed by atoms with Crippen LogP contribution in [0, 0.1) is 0 Å². The Labute approximate surface area is 104 Å². The first-order chi connectivity index (χ1) is 8.33. The van der Waals surface area contributed by atoms with Gasteiger partial charge in [-0.15, -0.1) is 0 Å². The zero-order valence-corrected chi connectivity index (χ0v) is 9.72. The Kier molecular flexibility index (Phi) is 2.50. The van der Waals surface area contributed by atoms with Gasteiger partial charge in [-0.1, -0.05) is 41.9 Å². The Morgan fingerprint density at radius 1 is 0.824 bits per heavy atom. The van der Waals surface area contributed by atoms with Gasteiger partial charge in [0.05, 0.1) is 11.0 Å². The predicted octanol–water partition coefficient (Wildman–Crippen LogP) is 3.95. The van der Waals surface area contributed by atoms with Crippen LogP contribution in [0.25, 0.3) is 22.2 Å². The highest BCUT2D eigenvalue weighted by Crippen LogP contribution is 2.22. The van der Waals surface area contributed by atoms with Crippen LogP contribution in [0.15, 0.2) is 54.7 Å². The van der Waals surface area contributed by atoms with Gasteiger partial charge in [-0.2, -0.15) is 0 Å². The molecule has 0 saturated carbocycles. The molecule has 3 aromatic rings.